The van der Waals surface area contributed by atoms with E-state index in [0.29, 0.717) is 24.7 Å². The summed E-state index contributed by atoms with van der Waals surface area (Å²) in [5.74, 6) is 1.01. The molecule has 140 valence electrons. The van der Waals surface area contributed by atoms with Crippen LogP contribution in [0, 0.1) is 6.92 Å². The van der Waals surface area contributed by atoms with Crippen LogP contribution in [0.15, 0.2) is 59.6 Å². The number of hydrogen-bond donors (Lipinski definition) is 3. The van der Waals surface area contributed by atoms with Crippen LogP contribution in [0.4, 0.5) is 17.5 Å². The summed E-state index contributed by atoms with van der Waals surface area (Å²) < 4.78 is 22.5. The Labute approximate surface area is 157 Å². The summed E-state index contributed by atoms with van der Waals surface area (Å²) in [7, 11) is -3.67. The Kier molecular flexibility index (Phi) is 5.63. The fraction of sp³-hybridized carbons (Fsp3) is 0.167. The van der Waals surface area contributed by atoms with Crippen molar-refractivity contribution in [2.24, 2.45) is 5.14 Å². The fourth-order valence-corrected chi connectivity index (χ4v) is 2.97. The van der Waals surface area contributed by atoms with Gasteiger partial charge in [0, 0.05) is 12.2 Å². The van der Waals surface area contributed by atoms with Crippen molar-refractivity contribution in [2.45, 2.75) is 18.2 Å². The Bertz CT molecular complexity index is 1020. The number of aryl methyl sites for hydroxylation is 1. The molecular formula is C18H20N6O2S. The molecule has 0 aliphatic carbocycles. The summed E-state index contributed by atoms with van der Waals surface area (Å²) in [5, 5.41) is 19.4. The number of sulfonamides is 1. The van der Waals surface area contributed by atoms with Crippen LogP contribution in [0.3, 0.4) is 0 Å². The third-order valence-corrected chi connectivity index (χ3v) is 4.84. The van der Waals surface area contributed by atoms with Crippen molar-refractivity contribution < 1.29 is 8.42 Å². The van der Waals surface area contributed by atoms with E-state index < -0.39 is 10.0 Å². The predicted molar refractivity (Wildman–Crippen MR) is 104 cm³/mol. The van der Waals surface area contributed by atoms with Gasteiger partial charge in [0.1, 0.15) is 0 Å². The molecule has 0 fully saturated rings. The van der Waals surface area contributed by atoms with Crippen LogP contribution in [-0.4, -0.2) is 30.1 Å². The third-order valence-electron chi connectivity index (χ3n) is 3.92. The van der Waals surface area contributed by atoms with Crippen molar-refractivity contribution >= 4 is 27.5 Å². The fourth-order valence-electron chi connectivity index (χ4n) is 2.45. The lowest BCUT2D eigenvalue weighted by Gasteiger charge is -2.09. The maximum Gasteiger partial charge on any atom is 0.244 e. The van der Waals surface area contributed by atoms with Crippen LogP contribution in [0.2, 0.25) is 0 Å². The largest absolute Gasteiger partial charge is 0.353 e. The monoisotopic (exact) mass is 384 g/mol. The Hall–Kier alpha value is -3.04. The summed E-state index contributed by atoms with van der Waals surface area (Å²) in [6.07, 6.45) is 2.23. The first-order valence-corrected chi connectivity index (χ1v) is 9.84. The van der Waals surface area contributed by atoms with Crippen LogP contribution >= 0.6 is 0 Å². The van der Waals surface area contributed by atoms with Gasteiger partial charge in [-0.15, -0.1) is 5.10 Å². The maximum atomic E-state index is 11.3. The number of nitrogens with one attached hydrogen (secondary N) is 2. The highest BCUT2D eigenvalue weighted by molar-refractivity contribution is 7.89. The Morgan fingerprint density at radius 2 is 1.81 bits per heavy atom. The zero-order valence-corrected chi connectivity index (χ0v) is 15.6. The van der Waals surface area contributed by atoms with E-state index >= 15 is 0 Å². The predicted octanol–water partition coefficient (Wildman–Crippen LogP) is 2.23. The van der Waals surface area contributed by atoms with Gasteiger partial charge in [-0.3, -0.25) is 0 Å². The molecule has 0 atom stereocenters. The normalized spacial score (nSPS) is 11.2. The molecule has 9 heteroatoms. The van der Waals surface area contributed by atoms with Gasteiger partial charge in [0.2, 0.25) is 16.0 Å². The zero-order chi connectivity index (χ0) is 19.3. The van der Waals surface area contributed by atoms with E-state index in [9.17, 15) is 8.42 Å². The van der Waals surface area contributed by atoms with E-state index in [1.54, 1.807) is 18.3 Å². The molecule has 4 N–H and O–H groups in total. The van der Waals surface area contributed by atoms with Crippen LogP contribution in [0.5, 0.6) is 0 Å². The highest BCUT2D eigenvalue weighted by Gasteiger charge is 2.07. The molecule has 3 rings (SSSR count). The van der Waals surface area contributed by atoms with Gasteiger partial charge >= 0.3 is 0 Å². The van der Waals surface area contributed by atoms with Gasteiger partial charge in [-0.25, -0.2) is 13.6 Å². The van der Waals surface area contributed by atoms with Crippen molar-refractivity contribution in [3.63, 3.8) is 0 Å². The summed E-state index contributed by atoms with van der Waals surface area (Å²) in [6.45, 7) is 2.58. The molecule has 0 aliphatic heterocycles. The average Bonchev–Trinajstić information content (AvgIpc) is 2.64. The van der Waals surface area contributed by atoms with E-state index in [1.807, 2.05) is 31.2 Å². The van der Waals surface area contributed by atoms with Crippen LogP contribution in [0.1, 0.15) is 11.1 Å². The molecule has 1 aromatic heterocycles. The number of nitrogens with zero attached hydrogens (tertiary/aromatic N) is 3. The molecule has 1 heterocycles. The minimum Gasteiger partial charge on any atom is -0.353 e. The summed E-state index contributed by atoms with van der Waals surface area (Å²) in [4.78, 5) is 4.49. The first-order chi connectivity index (χ1) is 12.9. The lowest BCUT2D eigenvalue weighted by Crippen LogP contribution is -2.12. The van der Waals surface area contributed by atoms with Gasteiger partial charge < -0.3 is 10.6 Å². The molecule has 0 spiro atoms. The highest BCUT2D eigenvalue weighted by atomic mass is 32.2. The van der Waals surface area contributed by atoms with E-state index in [-0.39, 0.29) is 4.90 Å². The second kappa shape index (κ2) is 8.11. The topological polar surface area (TPSA) is 123 Å². The number of primary sulfonamides is 1. The highest BCUT2D eigenvalue weighted by Crippen LogP contribution is 2.18. The molecule has 3 aromatic rings. The van der Waals surface area contributed by atoms with E-state index in [2.05, 4.69) is 25.8 Å². The van der Waals surface area contributed by atoms with Gasteiger partial charge in [-0.1, -0.05) is 30.3 Å². The number of anilines is 3. The number of nitrogens with two attached hydrogens (primary N) is 1. The van der Waals surface area contributed by atoms with Crippen molar-refractivity contribution in [1.82, 2.24) is 15.2 Å². The first-order valence-electron chi connectivity index (χ1n) is 8.30. The molecule has 8 nitrogen and oxygen atoms in total. The van der Waals surface area contributed by atoms with Crippen molar-refractivity contribution in [3.05, 3.63) is 65.9 Å². The third kappa shape index (κ3) is 5.22. The summed E-state index contributed by atoms with van der Waals surface area (Å²) in [6, 6.07) is 14.4. The SMILES string of the molecule is Cc1ccccc1Nc1cnnc(NCCc2ccc(S(N)(=O)=O)cc2)n1. The molecule has 0 saturated heterocycles. The van der Waals surface area contributed by atoms with Crippen molar-refractivity contribution in [1.29, 1.82) is 0 Å². The Balaban J connectivity index is 1.58. The van der Waals surface area contributed by atoms with Gasteiger partial charge in [0.25, 0.3) is 0 Å². The molecular weight excluding hydrogens is 364 g/mol. The summed E-state index contributed by atoms with van der Waals surface area (Å²) >= 11 is 0. The molecule has 0 aliphatic rings. The molecule has 0 bridgehead atoms. The summed E-state index contributed by atoms with van der Waals surface area (Å²) in [5.41, 5.74) is 3.03. The minimum atomic E-state index is -3.67. The van der Waals surface area contributed by atoms with Crippen molar-refractivity contribution in [2.75, 3.05) is 17.2 Å². The number of rotatable bonds is 7. The second-order valence-corrected chi connectivity index (χ2v) is 7.53. The molecule has 0 unspecified atom stereocenters. The zero-order valence-electron chi connectivity index (χ0n) is 14.8. The van der Waals surface area contributed by atoms with E-state index in [1.165, 1.54) is 12.1 Å². The number of hydrogen-bond acceptors (Lipinski definition) is 7. The lowest BCUT2D eigenvalue weighted by atomic mass is 10.1. The molecule has 0 amide bonds. The standard InChI is InChI=1S/C18H20N6O2S/c1-13-4-2-3-5-16(13)22-17-12-21-24-18(23-17)20-11-10-14-6-8-15(9-7-14)27(19,25)26/h2-9,12H,10-11H2,1H3,(H2,19,25,26)(H2,20,22,23,24). The van der Waals surface area contributed by atoms with Crippen LogP contribution in [0.25, 0.3) is 0 Å². The van der Waals surface area contributed by atoms with Gasteiger partial charge in [0.15, 0.2) is 5.82 Å². The quantitative estimate of drug-likeness (QED) is 0.571. The van der Waals surface area contributed by atoms with Crippen molar-refractivity contribution in [3.8, 4) is 0 Å². The minimum absolute atomic E-state index is 0.0988. The number of aromatic nitrogens is 3. The number of para-hydroxylation sites is 1. The van der Waals surface area contributed by atoms with Gasteiger partial charge in [-0.05, 0) is 42.7 Å². The second-order valence-electron chi connectivity index (χ2n) is 5.97. The maximum absolute atomic E-state index is 11.3. The van der Waals surface area contributed by atoms with E-state index in [4.69, 9.17) is 5.14 Å². The Morgan fingerprint density at radius 1 is 1.07 bits per heavy atom. The number of benzene rings is 2. The molecule has 27 heavy (non-hydrogen) atoms. The average molecular weight is 384 g/mol. The lowest BCUT2D eigenvalue weighted by molar-refractivity contribution is 0.598. The molecule has 2 aromatic carbocycles. The smallest absolute Gasteiger partial charge is 0.244 e. The van der Waals surface area contributed by atoms with Crippen LogP contribution in [-0.2, 0) is 16.4 Å². The first kappa shape index (κ1) is 18.7. The van der Waals surface area contributed by atoms with Crippen LogP contribution < -0.4 is 15.8 Å². The Morgan fingerprint density at radius 3 is 2.52 bits per heavy atom. The van der Waals surface area contributed by atoms with Gasteiger partial charge in [0.05, 0.1) is 11.1 Å². The van der Waals surface area contributed by atoms with Gasteiger partial charge in [-0.2, -0.15) is 10.1 Å². The molecule has 0 radical (unpaired) electrons. The molecule has 0 saturated carbocycles. The van der Waals surface area contributed by atoms with E-state index in [0.717, 1.165) is 16.8 Å².